The van der Waals surface area contributed by atoms with Gasteiger partial charge in [0.15, 0.2) is 0 Å². The van der Waals surface area contributed by atoms with Gasteiger partial charge in [-0.3, -0.25) is 4.79 Å². The lowest BCUT2D eigenvalue weighted by molar-refractivity contribution is -0.131. The number of aliphatic carboxylic acids is 1. The number of amides is 1. The van der Waals surface area contributed by atoms with E-state index in [1.807, 2.05) is 13.2 Å². The van der Waals surface area contributed by atoms with Crippen LogP contribution in [0.2, 0.25) is 0 Å². The molecule has 0 radical (unpaired) electrons. The van der Waals surface area contributed by atoms with Crippen LogP contribution in [0.5, 0.6) is 0 Å². The number of nitrogens with one attached hydrogen (secondary N) is 1. The van der Waals surface area contributed by atoms with Crippen molar-refractivity contribution in [3.8, 4) is 0 Å². The summed E-state index contributed by atoms with van der Waals surface area (Å²) in [5.41, 5.74) is 1.22. The molecule has 1 aromatic carbocycles. The van der Waals surface area contributed by atoms with Crippen molar-refractivity contribution in [3.05, 3.63) is 41.5 Å². The van der Waals surface area contributed by atoms with Crippen molar-refractivity contribution in [2.45, 2.75) is 12.2 Å². The van der Waals surface area contributed by atoms with Crippen LogP contribution < -0.4 is 5.32 Å². The second kappa shape index (κ2) is 7.63. The van der Waals surface area contributed by atoms with E-state index in [1.54, 1.807) is 36.0 Å². The first kappa shape index (κ1) is 15.3. The molecule has 0 fully saturated rings. The number of carboxylic acid groups (broad SMARTS) is 1. The van der Waals surface area contributed by atoms with Gasteiger partial charge in [-0.15, -0.1) is 0 Å². The molecule has 19 heavy (non-hydrogen) atoms. The van der Waals surface area contributed by atoms with Gasteiger partial charge < -0.3 is 10.4 Å². The van der Waals surface area contributed by atoms with Crippen molar-refractivity contribution in [2.75, 3.05) is 12.8 Å². The summed E-state index contributed by atoms with van der Waals surface area (Å²) in [4.78, 5) is 22.3. The third kappa shape index (κ3) is 5.61. The van der Waals surface area contributed by atoms with Gasteiger partial charge in [0.2, 0.25) is 0 Å². The van der Waals surface area contributed by atoms with Gasteiger partial charge in [0, 0.05) is 23.4 Å². The van der Waals surface area contributed by atoms with Gasteiger partial charge in [-0.05, 0) is 30.0 Å². The van der Waals surface area contributed by atoms with Gasteiger partial charge in [-0.1, -0.05) is 19.1 Å². The Balaban J connectivity index is 2.70. The summed E-state index contributed by atoms with van der Waals surface area (Å²) in [6, 6.07) is 6.85. The van der Waals surface area contributed by atoms with Gasteiger partial charge in [-0.2, -0.15) is 11.8 Å². The summed E-state index contributed by atoms with van der Waals surface area (Å²) in [6.07, 6.45) is 4.50. The van der Waals surface area contributed by atoms with Crippen molar-refractivity contribution in [2.24, 2.45) is 0 Å². The molecule has 1 atom stereocenters. The van der Waals surface area contributed by atoms with E-state index in [2.05, 4.69) is 5.32 Å². The van der Waals surface area contributed by atoms with Crippen molar-refractivity contribution in [3.63, 3.8) is 0 Å². The van der Waals surface area contributed by atoms with Crippen molar-refractivity contribution in [1.82, 2.24) is 5.32 Å². The number of carbonyl (C=O) groups is 2. The molecule has 0 aliphatic heterocycles. The van der Waals surface area contributed by atoms with Crippen LogP contribution in [0.15, 0.2) is 30.3 Å². The number of rotatable bonds is 6. The van der Waals surface area contributed by atoms with Crippen LogP contribution in [0, 0.1) is 0 Å². The summed E-state index contributed by atoms with van der Waals surface area (Å²) in [7, 11) is 0. The van der Waals surface area contributed by atoms with E-state index in [-0.39, 0.29) is 5.91 Å². The van der Waals surface area contributed by atoms with Crippen molar-refractivity contribution < 1.29 is 14.7 Å². The highest BCUT2D eigenvalue weighted by molar-refractivity contribution is 7.99. The van der Waals surface area contributed by atoms with Crippen LogP contribution >= 0.6 is 11.8 Å². The Morgan fingerprint density at radius 3 is 2.84 bits per heavy atom. The average Bonchev–Trinajstić information content (AvgIpc) is 2.42. The molecule has 0 aromatic heterocycles. The third-order valence-corrected chi connectivity index (χ3v) is 3.49. The summed E-state index contributed by atoms with van der Waals surface area (Å²) in [6.45, 7) is 2.64. The Kier molecular flexibility index (Phi) is 6.15. The van der Waals surface area contributed by atoms with Crippen LogP contribution in [0.25, 0.3) is 6.08 Å². The molecule has 1 aromatic rings. The van der Waals surface area contributed by atoms with Gasteiger partial charge in [0.25, 0.3) is 5.91 Å². The highest BCUT2D eigenvalue weighted by atomic mass is 32.2. The predicted molar refractivity (Wildman–Crippen MR) is 78.4 cm³/mol. The number of thioether (sulfide) groups is 1. The Hall–Kier alpha value is -1.75. The topological polar surface area (TPSA) is 66.4 Å². The van der Waals surface area contributed by atoms with E-state index in [0.717, 1.165) is 6.08 Å². The summed E-state index contributed by atoms with van der Waals surface area (Å²) >= 11 is 1.69. The largest absolute Gasteiger partial charge is 0.478 e. The summed E-state index contributed by atoms with van der Waals surface area (Å²) in [5.74, 6) is -1.16. The molecule has 102 valence electrons. The molecule has 4 nitrogen and oxygen atoms in total. The molecule has 0 aliphatic rings. The number of carboxylic acids is 1. The first-order chi connectivity index (χ1) is 9.02. The highest BCUT2D eigenvalue weighted by Crippen LogP contribution is 2.08. The van der Waals surface area contributed by atoms with E-state index in [0.29, 0.717) is 22.9 Å². The van der Waals surface area contributed by atoms with Gasteiger partial charge in [-0.25, -0.2) is 4.79 Å². The van der Waals surface area contributed by atoms with E-state index < -0.39 is 5.97 Å². The van der Waals surface area contributed by atoms with Crippen molar-refractivity contribution in [1.29, 1.82) is 0 Å². The van der Waals surface area contributed by atoms with E-state index in [4.69, 9.17) is 5.11 Å². The van der Waals surface area contributed by atoms with Crippen LogP contribution in [0.4, 0.5) is 0 Å². The maximum absolute atomic E-state index is 11.9. The van der Waals surface area contributed by atoms with E-state index >= 15 is 0 Å². The second-order valence-corrected chi connectivity index (χ2v) is 5.33. The fourth-order valence-electron chi connectivity index (χ4n) is 1.37. The Labute approximate surface area is 116 Å². The van der Waals surface area contributed by atoms with Crippen LogP contribution in [-0.2, 0) is 4.79 Å². The molecular formula is C14H17NO3S. The van der Waals surface area contributed by atoms with E-state index in [9.17, 15) is 9.59 Å². The Bertz CT molecular complexity index is 485. The molecule has 2 N–H and O–H groups in total. The minimum absolute atomic E-state index is 0.147. The van der Waals surface area contributed by atoms with Gasteiger partial charge in [0.05, 0.1) is 0 Å². The molecule has 0 saturated carbocycles. The summed E-state index contributed by atoms with van der Waals surface area (Å²) in [5, 5.41) is 11.8. The molecule has 0 aliphatic carbocycles. The standard InChI is InChI=1S/C14H17NO3S/c1-10(19-2)9-15-14(18)12-5-3-4-11(8-12)6-7-13(16)17/h3-8,10H,9H2,1-2H3,(H,15,18)(H,16,17)/b7-6+. The number of carbonyl (C=O) groups excluding carboxylic acids is 1. The number of hydrogen-bond donors (Lipinski definition) is 2. The normalized spacial score (nSPS) is 12.3. The molecule has 1 amide bonds. The Morgan fingerprint density at radius 1 is 1.47 bits per heavy atom. The first-order valence-electron chi connectivity index (χ1n) is 5.85. The fourth-order valence-corrected chi connectivity index (χ4v) is 1.62. The first-order valence-corrected chi connectivity index (χ1v) is 7.13. The zero-order valence-corrected chi connectivity index (χ0v) is 11.7. The monoisotopic (exact) mass is 279 g/mol. The van der Waals surface area contributed by atoms with Crippen molar-refractivity contribution >= 4 is 29.7 Å². The molecule has 1 rings (SSSR count). The van der Waals surface area contributed by atoms with Crippen LogP contribution in [0.1, 0.15) is 22.8 Å². The SMILES string of the molecule is CSC(C)CNC(=O)c1cccc(/C=C/C(=O)O)c1. The quantitative estimate of drug-likeness (QED) is 0.784. The zero-order valence-electron chi connectivity index (χ0n) is 10.9. The maximum Gasteiger partial charge on any atom is 0.328 e. The van der Waals surface area contributed by atoms with E-state index in [1.165, 1.54) is 6.08 Å². The lowest BCUT2D eigenvalue weighted by Gasteiger charge is -2.10. The molecule has 0 saturated heterocycles. The number of hydrogen-bond acceptors (Lipinski definition) is 3. The average molecular weight is 279 g/mol. The zero-order chi connectivity index (χ0) is 14.3. The molecule has 5 heteroatoms. The molecule has 0 heterocycles. The third-order valence-electron chi connectivity index (χ3n) is 2.52. The minimum Gasteiger partial charge on any atom is -0.478 e. The van der Waals surface area contributed by atoms with Gasteiger partial charge in [0.1, 0.15) is 0 Å². The fraction of sp³-hybridized carbons (Fsp3) is 0.286. The smallest absolute Gasteiger partial charge is 0.328 e. The second-order valence-electron chi connectivity index (χ2n) is 4.05. The molecule has 0 bridgehead atoms. The predicted octanol–water partition coefficient (Wildman–Crippen LogP) is 2.27. The maximum atomic E-state index is 11.9. The van der Waals surface area contributed by atoms with Crippen LogP contribution in [-0.4, -0.2) is 35.0 Å². The minimum atomic E-state index is -1.01. The summed E-state index contributed by atoms with van der Waals surface area (Å²) < 4.78 is 0. The lowest BCUT2D eigenvalue weighted by atomic mass is 10.1. The molecule has 1 unspecified atom stereocenters. The van der Waals surface area contributed by atoms with Gasteiger partial charge >= 0.3 is 5.97 Å². The molecular weight excluding hydrogens is 262 g/mol. The highest BCUT2D eigenvalue weighted by Gasteiger charge is 2.07. The lowest BCUT2D eigenvalue weighted by Crippen LogP contribution is -2.29. The Morgan fingerprint density at radius 2 is 2.21 bits per heavy atom. The molecule has 0 spiro atoms. The van der Waals surface area contributed by atoms with Crippen LogP contribution in [0.3, 0.4) is 0 Å². The number of benzene rings is 1.